The normalized spacial score (nSPS) is 12.2. The minimum atomic E-state index is -0.0649. The van der Waals surface area contributed by atoms with Crippen molar-refractivity contribution >= 4 is 5.91 Å². The second kappa shape index (κ2) is 4.13. The van der Waals surface area contributed by atoms with Crippen LogP contribution in [0.1, 0.15) is 13.8 Å². The van der Waals surface area contributed by atoms with Crippen molar-refractivity contribution in [2.45, 2.75) is 13.8 Å². The average molecular weight is 127 g/mol. The van der Waals surface area contributed by atoms with Crippen LogP contribution in [0.3, 0.4) is 0 Å². The van der Waals surface area contributed by atoms with Crippen molar-refractivity contribution in [1.29, 1.82) is 0 Å². The highest BCUT2D eigenvalue weighted by Crippen LogP contribution is 1.93. The first-order valence-corrected chi connectivity index (χ1v) is 3.12. The van der Waals surface area contributed by atoms with Crippen LogP contribution < -0.4 is 5.32 Å². The highest BCUT2D eigenvalue weighted by atomic mass is 16.1. The van der Waals surface area contributed by atoms with Gasteiger partial charge in [0.15, 0.2) is 0 Å². The van der Waals surface area contributed by atoms with Crippen molar-refractivity contribution in [2.75, 3.05) is 6.54 Å². The van der Waals surface area contributed by atoms with Gasteiger partial charge in [-0.15, -0.1) is 6.58 Å². The Morgan fingerprint density at radius 1 is 1.89 bits per heavy atom. The van der Waals surface area contributed by atoms with Crippen LogP contribution in [-0.2, 0) is 4.79 Å². The van der Waals surface area contributed by atoms with E-state index in [0.29, 0.717) is 6.54 Å². The summed E-state index contributed by atoms with van der Waals surface area (Å²) in [4.78, 5) is 10.8. The Hall–Kier alpha value is -0.790. The van der Waals surface area contributed by atoms with Gasteiger partial charge in [-0.1, -0.05) is 13.0 Å². The zero-order valence-electron chi connectivity index (χ0n) is 5.98. The summed E-state index contributed by atoms with van der Waals surface area (Å²) in [7, 11) is 0. The fraction of sp³-hybridized carbons (Fsp3) is 0.571. The summed E-state index contributed by atoms with van der Waals surface area (Å²) < 4.78 is 0. The summed E-state index contributed by atoms with van der Waals surface area (Å²) >= 11 is 0. The summed E-state index contributed by atoms with van der Waals surface area (Å²) in [5.41, 5.74) is 0. The van der Waals surface area contributed by atoms with Crippen LogP contribution in [0, 0.1) is 5.92 Å². The number of carbonyl (C=O) groups is 1. The van der Waals surface area contributed by atoms with Crippen LogP contribution in [0.4, 0.5) is 0 Å². The van der Waals surface area contributed by atoms with Gasteiger partial charge in [-0.3, -0.25) is 4.79 Å². The highest BCUT2D eigenvalue weighted by Gasteiger charge is 2.04. The molecule has 0 aromatic carbocycles. The van der Waals surface area contributed by atoms with Crippen molar-refractivity contribution in [3.63, 3.8) is 0 Å². The molecule has 0 unspecified atom stereocenters. The van der Waals surface area contributed by atoms with Gasteiger partial charge in [0.05, 0.1) is 5.92 Å². The molecule has 0 aromatic rings. The Balaban J connectivity index is 3.58. The van der Waals surface area contributed by atoms with Crippen molar-refractivity contribution in [1.82, 2.24) is 5.32 Å². The highest BCUT2D eigenvalue weighted by molar-refractivity contribution is 5.79. The predicted octanol–water partition coefficient (Wildman–Crippen LogP) is 0.945. The van der Waals surface area contributed by atoms with E-state index in [4.69, 9.17) is 0 Å². The van der Waals surface area contributed by atoms with Gasteiger partial charge in [-0.2, -0.15) is 0 Å². The summed E-state index contributed by atoms with van der Waals surface area (Å²) in [5, 5.41) is 2.69. The van der Waals surface area contributed by atoms with Crippen LogP contribution in [-0.4, -0.2) is 12.5 Å². The minimum absolute atomic E-state index is 0.0486. The molecule has 0 saturated heterocycles. The van der Waals surface area contributed by atoms with E-state index in [1.807, 2.05) is 13.8 Å². The molecule has 52 valence electrons. The number of rotatable bonds is 3. The lowest BCUT2D eigenvalue weighted by Crippen LogP contribution is -2.27. The van der Waals surface area contributed by atoms with Gasteiger partial charge in [-0.05, 0) is 6.92 Å². The maximum absolute atomic E-state index is 10.8. The van der Waals surface area contributed by atoms with E-state index < -0.39 is 0 Å². The predicted molar refractivity (Wildman–Crippen MR) is 38.0 cm³/mol. The molecule has 0 aliphatic heterocycles. The molecule has 0 bridgehead atoms. The first-order chi connectivity index (χ1) is 4.22. The molecular weight excluding hydrogens is 114 g/mol. The third-order valence-corrected chi connectivity index (χ3v) is 1.12. The van der Waals surface area contributed by atoms with Crippen LogP contribution in [0.15, 0.2) is 12.7 Å². The molecule has 0 aliphatic rings. The maximum atomic E-state index is 10.8. The van der Waals surface area contributed by atoms with Gasteiger partial charge in [0.2, 0.25) is 5.91 Å². The largest absolute Gasteiger partial charge is 0.356 e. The topological polar surface area (TPSA) is 29.1 Å². The molecule has 0 saturated carbocycles. The minimum Gasteiger partial charge on any atom is -0.356 e. The zero-order valence-corrected chi connectivity index (χ0v) is 5.98. The summed E-state index contributed by atoms with van der Waals surface area (Å²) in [6, 6.07) is 0. The molecule has 0 aliphatic carbocycles. The molecule has 0 spiro atoms. The monoisotopic (exact) mass is 127 g/mol. The molecule has 0 radical (unpaired) electrons. The molecule has 2 heteroatoms. The molecule has 0 aromatic heterocycles. The van der Waals surface area contributed by atoms with E-state index >= 15 is 0 Å². The van der Waals surface area contributed by atoms with Crippen molar-refractivity contribution in [3.05, 3.63) is 12.7 Å². The first kappa shape index (κ1) is 8.21. The summed E-state index contributed by atoms with van der Waals surface area (Å²) in [6.07, 6.45) is 1.63. The lowest BCUT2D eigenvalue weighted by Gasteiger charge is -2.03. The second-order valence-corrected chi connectivity index (χ2v) is 1.92. The van der Waals surface area contributed by atoms with E-state index in [-0.39, 0.29) is 11.8 Å². The van der Waals surface area contributed by atoms with Crippen molar-refractivity contribution < 1.29 is 4.79 Å². The van der Waals surface area contributed by atoms with E-state index in [0.717, 1.165) is 0 Å². The van der Waals surface area contributed by atoms with Crippen molar-refractivity contribution in [2.24, 2.45) is 5.92 Å². The lowest BCUT2D eigenvalue weighted by atomic mass is 10.2. The molecule has 0 heterocycles. The Bertz CT molecular complexity index is 109. The van der Waals surface area contributed by atoms with E-state index in [9.17, 15) is 4.79 Å². The second-order valence-electron chi connectivity index (χ2n) is 1.92. The third-order valence-electron chi connectivity index (χ3n) is 1.12. The van der Waals surface area contributed by atoms with Gasteiger partial charge in [-0.25, -0.2) is 0 Å². The average Bonchev–Trinajstić information content (AvgIpc) is 1.87. The lowest BCUT2D eigenvalue weighted by molar-refractivity contribution is -0.123. The van der Waals surface area contributed by atoms with Crippen LogP contribution >= 0.6 is 0 Å². The zero-order chi connectivity index (χ0) is 7.28. The van der Waals surface area contributed by atoms with Gasteiger partial charge < -0.3 is 5.32 Å². The number of carbonyl (C=O) groups excluding carboxylic acids is 1. The Morgan fingerprint density at radius 2 is 2.44 bits per heavy atom. The molecule has 1 amide bonds. The quantitative estimate of drug-likeness (QED) is 0.562. The molecule has 0 fully saturated rings. The number of nitrogens with one attached hydrogen (secondary N) is 1. The molecule has 2 nitrogen and oxygen atoms in total. The summed E-state index contributed by atoms with van der Waals surface area (Å²) in [5.74, 6) is -0.0162. The van der Waals surface area contributed by atoms with Gasteiger partial charge in [0, 0.05) is 6.54 Å². The Morgan fingerprint density at radius 3 is 2.78 bits per heavy atom. The number of hydrogen-bond donors (Lipinski definition) is 1. The molecule has 1 N–H and O–H groups in total. The summed E-state index contributed by atoms with van der Waals surface area (Å²) in [6.45, 7) is 7.91. The molecule has 0 rings (SSSR count). The maximum Gasteiger partial charge on any atom is 0.226 e. The van der Waals surface area contributed by atoms with E-state index in [1.54, 1.807) is 6.08 Å². The van der Waals surface area contributed by atoms with Gasteiger partial charge in [0.25, 0.3) is 0 Å². The fourth-order valence-corrected chi connectivity index (χ4v) is 0.442. The molecular formula is C7H13NO. The van der Waals surface area contributed by atoms with Gasteiger partial charge in [0.1, 0.15) is 0 Å². The molecule has 9 heavy (non-hydrogen) atoms. The van der Waals surface area contributed by atoms with Gasteiger partial charge >= 0.3 is 0 Å². The molecule has 1 atom stereocenters. The van der Waals surface area contributed by atoms with Crippen molar-refractivity contribution in [3.8, 4) is 0 Å². The standard InChI is InChI=1S/C7H13NO/c1-4-6(3)7(9)8-5-2/h4,6H,1,5H2,2-3H3,(H,8,9)/t6-/m1/s1. The van der Waals surface area contributed by atoms with Crippen LogP contribution in [0.5, 0.6) is 0 Å². The van der Waals surface area contributed by atoms with E-state index in [2.05, 4.69) is 11.9 Å². The van der Waals surface area contributed by atoms with Crippen LogP contribution in [0.25, 0.3) is 0 Å². The van der Waals surface area contributed by atoms with Crippen LogP contribution in [0.2, 0.25) is 0 Å². The Kier molecular flexibility index (Phi) is 3.76. The third kappa shape index (κ3) is 2.90. The SMILES string of the molecule is C=C[C@@H](C)C(=O)NCC. The Labute approximate surface area is 56.0 Å². The number of amides is 1. The number of hydrogen-bond acceptors (Lipinski definition) is 1. The first-order valence-electron chi connectivity index (χ1n) is 3.12. The smallest absolute Gasteiger partial charge is 0.226 e. The van der Waals surface area contributed by atoms with E-state index in [1.165, 1.54) is 0 Å². The fourth-order valence-electron chi connectivity index (χ4n) is 0.442.